The first kappa shape index (κ1) is 27.1. The van der Waals surface area contributed by atoms with Crippen LogP contribution < -0.4 is 15.2 Å². The lowest BCUT2D eigenvalue weighted by molar-refractivity contribution is -0.153. The van der Waals surface area contributed by atoms with Gasteiger partial charge < -0.3 is 25.1 Å². The van der Waals surface area contributed by atoms with E-state index in [0.717, 1.165) is 0 Å². The van der Waals surface area contributed by atoms with Gasteiger partial charge in [-0.05, 0) is 24.6 Å². The van der Waals surface area contributed by atoms with Gasteiger partial charge in [-0.2, -0.15) is 0 Å². The molecule has 0 saturated heterocycles. The molecule has 32 heavy (non-hydrogen) atoms. The summed E-state index contributed by atoms with van der Waals surface area (Å²) in [5.41, 5.74) is 4.86. The fourth-order valence-corrected chi connectivity index (χ4v) is 2.74. The van der Waals surface area contributed by atoms with Crippen molar-refractivity contribution in [3.8, 4) is 11.5 Å². The van der Waals surface area contributed by atoms with E-state index >= 15 is 0 Å². The maximum Gasteiger partial charge on any atom is 0.324 e. The van der Waals surface area contributed by atoms with E-state index in [1.807, 2.05) is 0 Å². The normalized spacial score (nSPS) is 13.9. The average Bonchev–Trinajstić information content (AvgIpc) is 2.68. The second kappa shape index (κ2) is 11.6. The van der Waals surface area contributed by atoms with E-state index in [-0.39, 0.29) is 30.8 Å². The number of aliphatic carboxylic acids is 1. The summed E-state index contributed by atoms with van der Waals surface area (Å²) in [5.74, 6) is -3.57. The second-order valence-corrected chi connectivity index (χ2v) is 8.43. The van der Waals surface area contributed by atoms with Crippen LogP contribution in [0, 0.1) is 11.8 Å². The van der Waals surface area contributed by atoms with Gasteiger partial charge in [-0.1, -0.05) is 40.7 Å². The lowest BCUT2D eigenvalue weighted by atomic mass is 9.86. The average molecular weight is 452 g/mol. The van der Waals surface area contributed by atoms with Crippen LogP contribution in [-0.2, 0) is 30.3 Å². The Morgan fingerprint density at radius 3 is 1.97 bits per heavy atom. The number of benzene rings is 1. The van der Waals surface area contributed by atoms with Crippen molar-refractivity contribution >= 4 is 23.9 Å². The summed E-state index contributed by atoms with van der Waals surface area (Å²) in [7, 11) is 0. The van der Waals surface area contributed by atoms with Gasteiger partial charge in [0.1, 0.15) is 11.6 Å². The minimum Gasteiger partial charge on any atom is -0.480 e. The molecule has 0 heterocycles. The highest BCUT2D eigenvalue weighted by molar-refractivity contribution is 5.80. The summed E-state index contributed by atoms with van der Waals surface area (Å²) in [5, 5.41) is 9.74. The molecule has 0 fully saturated rings. The predicted molar refractivity (Wildman–Crippen MR) is 116 cm³/mol. The van der Waals surface area contributed by atoms with Crippen LogP contribution in [-0.4, -0.2) is 40.6 Å². The van der Waals surface area contributed by atoms with Crippen LogP contribution in [0.15, 0.2) is 18.2 Å². The molecule has 1 unspecified atom stereocenters. The Morgan fingerprint density at radius 1 is 0.969 bits per heavy atom. The summed E-state index contributed by atoms with van der Waals surface area (Å²) < 4.78 is 15.9. The van der Waals surface area contributed by atoms with Crippen LogP contribution in [0.4, 0.5) is 0 Å². The summed E-state index contributed by atoms with van der Waals surface area (Å²) in [4.78, 5) is 47.6. The zero-order valence-electron chi connectivity index (χ0n) is 19.5. The van der Waals surface area contributed by atoms with E-state index < -0.39 is 47.4 Å². The van der Waals surface area contributed by atoms with Crippen LogP contribution in [0.1, 0.15) is 59.9 Å². The molecule has 0 radical (unpaired) electrons. The number of carbonyl (C=O) groups excluding carboxylic acids is 3. The third-order valence-electron chi connectivity index (χ3n) is 4.59. The highest BCUT2D eigenvalue weighted by atomic mass is 16.6. The quantitative estimate of drug-likeness (QED) is 0.383. The van der Waals surface area contributed by atoms with Crippen LogP contribution in [0.25, 0.3) is 0 Å². The largest absolute Gasteiger partial charge is 0.480 e. The Kier molecular flexibility index (Phi) is 9.83. The summed E-state index contributed by atoms with van der Waals surface area (Å²) in [6.45, 7) is 9.84. The molecule has 1 aromatic carbocycles. The minimum atomic E-state index is -1.75. The van der Waals surface area contributed by atoms with Crippen LogP contribution in [0.2, 0.25) is 0 Å². The standard InChI is InChI=1S/C23H33NO8/c1-7-19(25)30-15(6)11-23(24,22(28)29)12-16-8-9-17(31-20(26)13(2)3)18(10-16)32-21(27)14(4)5/h8-10,13-15H,7,11-12,24H2,1-6H3,(H,28,29)/t15-,23?/m0/s1. The Bertz CT molecular complexity index is 848. The molecule has 0 aliphatic heterocycles. The lowest BCUT2D eigenvalue weighted by Gasteiger charge is -2.28. The zero-order valence-corrected chi connectivity index (χ0v) is 19.5. The molecule has 0 saturated carbocycles. The number of carboxylic acids is 1. The second-order valence-electron chi connectivity index (χ2n) is 8.43. The topological polar surface area (TPSA) is 142 Å². The third-order valence-corrected chi connectivity index (χ3v) is 4.59. The maximum atomic E-state index is 12.1. The Morgan fingerprint density at radius 2 is 1.50 bits per heavy atom. The van der Waals surface area contributed by atoms with Gasteiger partial charge in [-0.25, -0.2) is 0 Å². The number of esters is 3. The number of nitrogens with two attached hydrogens (primary N) is 1. The smallest absolute Gasteiger partial charge is 0.324 e. The third kappa shape index (κ3) is 7.96. The van der Waals surface area contributed by atoms with Crippen molar-refractivity contribution in [1.29, 1.82) is 0 Å². The first-order valence-corrected chi connectivity index (χ1v) is 10.6. The van der Waals surface area contributed by atoms with Crippen molar-refractivity contribution in [2.45, 2.75) is 72.4 Å². The summed E-state index contributed by atoms with van der Waals surface area (Å²) in [6, 6.07) is 4.40. The van der Waals surface area contributed by atoms with E-state index in [1.165, 1.54) is 12.1 Å². The van der Waals surface area contributed by atoms with E-state index in [1.54, 1.807) is 47.6 Å². The molecule has 0 aromatic heterocycles. The van der Waals surface area contributed by atoms with Gasteiger partial charge in [0, 0.05) is 19.3 Å². The van der Waals surface area contributed by atoms with Gasteiger partial charge in [0.15, 0.2) is 11.5 Å². The summed E-state index contributed by atoms with van der Waals surface area (Å²) >= 11 is 0. The highest BCUT2D eigenvalue weighted by Crippen LogP contribution is 2.32. The molecule has 0 aliphatic carbocycles. The minimum absolute atomic E-state index is 0.00611. The van der Waals surface area contributed by atoms with Gasteiger partial charge in [-0.15, -0.1) is 0 Å². The molecule has 0 spiro atoms. The fraction of sp³-hybridized carbons (Fsp3) is 0.565. The van der Waals surface area contributed by atoms with Crippen molar-refractivity contribution in [2.75, 3.05) is 0 Å². The SMILES string of the molecule is CCC(=O)O[C@@H](C)CC(N)(Cc1ccc(OC(=O)C(C)C)c(OC(=O)C(C)C)c1)C(=O)O. The van der Waals surface area contributed by atoms with Crippen LogP contribution in [0.3, 0.4) is 0 Å². The van der Waals surface area contributed by atoms with Crippen molar-refractivity contribution in [3.63, 3.8) is 0 Å². The highest BCUT2D eigenvalue weighted by Gasteiger charge is 2.37. The molecule has 0 aliphatic rings. The number of ether oxygens (including phenoxy) is 3. The van der Waals surface area contributed by atoms with E-state index in [0.29, 0.717) is 5.56 Å². The predicted octanol–water partition coefficient (Wildman–Crippen LogP) is 2.87. The van der Waals surface area contributed by atoms with Crippen molar-refractivity contribution < 1.29 is 38.5 Å². The molecule has 1 rings (SSSR count). The molecule has 178 valence electrons. The van der Waals surface area contributed by atoms with E-state index in [4.69, 9.17) is 19.9 Å². The van der Waals surface area contributed by atoms with Crippen molar-refractivity contribution in [2.24, 2.45) is 17.6 Å². The number of hydrogen-bond acceptors (Lipinski definition) is 8. The maximum absolute atomic E-state index is 12.1. The molecular formula is C23H33NO8. The van der Waals surface area contributed by atoms with E-state index in [9.17, 15) is 24.3 Å². The number of carboxylic acid groups (broad SMARTS) is 1. The van der Waals surface area contributed by atoms with Gasteiger partial charge >= 0.3 is 23.9 Å². The molecule has 0 bridgehead atoms. The molecular weight excluding hydrogens is 418 g/mol. The van der Waals surface area contributed by atoms with Gasteiger partial charge in [0.2, 0.25) is 0 Å². The van der Waals surface area contributed by atoms with Crippen molar-refractivity contribution in [1.82, 2.24) is 0 Å². The Hall–Kier alpha value is -2.94. The van der Waals surface area contributed by atoms with Crippen LogP contribution in [0.5, 0.6) is 11.5 Å². The van der Waals surface area contributed by atoms with Crippen LogP contribution >= 0.6 is 0 Å². The molecule has 1 aromatic rings. The molecule has 9 heteroatoms. The zero-order chi connectivity index (χ0) is 24.6. The Labute approximate surface area is 188 Å². The van der Waals surface area contributed by atoms with Gasteiger partial charge in [0.05, 0.1) is 11.8 Å². The van der Waals surface area contributed by atoms with Gasteiger partial charge in [-0.3, -0.25) is 19.2 Å². The first-order valence-electron chi connectivity index (χ1n) is 10.6. The lowest BCUT2D eigenvalue weighted by Crippen LogP contribution is -2.52. The number of hydrogen-bond donors (Lipinski definition) is 2. The van der Waals surface area contributed by atoms with Gasteiger partial charge in [0.25, 0.3) is 0 Å². The van der Waals surface area contributed by atoms with Crippen molar-refractivity contribution in [3.05, 3.63) is 23.8 Å². The molecule has 9 nitrogen and oxygen atoms in total. The number of rotatable bonds is 11. The fourth-order valence-electron chi connectivity index (χ4n) is 2.74. The monoisotopic (exact) mass is 451 g/mol. The number of carbonyl (C=O) groups is 4. The molecule has 0 amide bonds. The van der Waals surface area contributed by atoms with E-state index in [2.05, 4.69) is 0 Å². The summed E-state index contributed by atoms with van der Waals surface area (Å²) in [6.07, 6.45) is -0.816. The first-order chi connectivity index (χ1) is 14.8. The molecule has 2 atom stereocenters. The Balaban J connectivity index is 3.22. The molecule has 3 N–H and O–H groups in total.